The van der Waals surface area contributed by atoms with Gasteiger partial charge in [0.05, 0.1) is 23.4 Å². The average Bonchev–Trinajstić information content (AvgIpc) is 3.91. The first-order valence-electron chi connectivity index (χ1n) is 16.9. The van der Waals surface area contributed by atoms with Crippen LogP contribution in [0.4, 0.5) is 8.78 Å². The molecule has 6 rings (SSSR count). The summed E-state index contributed by atoms with van der Waals surface area (Å²) in [5, 5.41) is 2.99. The Balaban J connectivity index is 1.31. The molecule has 15 heteroatoms. The highest BCUT2D eigenvalue weighted by Crippen LogP contribution is 2.47. The summed E-state index contributed by atoms with van der Waals surface area (Å²) in [7, 11) is -3.98. The van der Waals surface area contributed by atoms with Crippen LogP contribution in [0.25, 0.3) is 10.9 Å². The number of hydrogen-bond acceptors (Lipinski definition) is 9. The molecule has 2 saturated carbocycles. The summed E-state index contributed by atoms with van der Waals surface area (Å²) in [6, 6.07) is 1.73. The minimum atomic E-state index is -3.98. The van der Waals surface area contributed by atoms with Crippen molar-refractivity contribution in [3.63, 3.8) is 0 Å². The second-order valence-corrected chi connectivity index (χ2v) is 16.4. The van der Waals surface area contributed by atoms with E-state index in [2.05, 4.69) is 15.0 Å². The number of aromatic nitrogens is 1. The van der Waals surface area contributed by atoms with Crippen molar-refractivity contribution in [1.29, 1.82) is 0 Å². The number of sulfonamides is 1. The highest BCUT2D eigenvalue weighted by molar-refractivity contribution is 7.91. The summed E-state index contributed by atoms with van der Waals surface area (Å²) in [5.41, 5.74) is 4.53. The Bertz CT molecular complexity index is 1800. The average molecular weight is 704 g/mol. The fourth-order valence-electron chi connectivity index (χ4n) is 6.60. The van der Waals surface area contributed by atoms with Crippen LogP contribution in [0, 0.1) is 17.6 Å². The van der Waals surface area contributed by atoms with E-state index in [0.717, 1.165) is 25.3 Å². The van der Waals surface area contributed by atoms with Crippen molar-refractivity contribution in [3.05, 3.63) is 42.0 Å². The third kappa shape index (κ3) is 6.96. The summed E-state index contributed by atoms with van der Waals surface area (Å²) < 4.78 is 68.2. The summed E-state index contributed by atoms with van der Waals surface area (Å²) >= 11 is 0. The van der Waals surface area contributed by atoms with Crippen LogP contribution in [-0.4, -0.2) is 77.1 Å². The Kier molecular flexibility index (Phi) is 9.37. The Hall–Kier alpha value is -3.85. The Labute approximate surface area is 284 Å². The van der Waals surface area contributed by atoms with Gasteiger partial charge < -0.3 is 25.4 Å². The first-order valence-corrected chi connectivity index (χ1v) is 18.4. The number of nitrogens with zero attached hydrogens (tertiary/aromatic N) is 2. The maximum absolute atomic E-state index is 14.9. The maximum atomic E-state index is 14.9. The zero-order valence-electron chi connectivity index (χ0n) is 27.8. The lowest BCUT2D eigenvalue weighted by Crippen LogP contribution is -2.58. The number of carbonyl (C=O) groups is 3. The largest absolute Gasteiger partial charge is 0.488 e. The predicted molar refractivity (Wildman–Crippen MR) is 176 cm³/mol. The van der Waals surface area contributed by atoms with E-state index in [4.69, 9.17) is 15.2 Å². The molecule has 0 unspecified atom stereocenters. The van der Waals surface area contributed by atoms with Gasteiger partial charge in [-0.25, -0.2) is 22.2 Å². The highest BCUT2D eigenvalue weighted by Gasteiger charge is 2.63. The van der Waals surface area contributed by atoms with Crippen molar-refractivity contribution in [2.45, 2.75) is 113 Å². The first kappa shape index (κ1) is 35.0. The third-order valence-electron chi connectivity index (χ3n) is 9.98. The van der Waals surface area contributed by atoms with E-state index in [1.807, 2.05) is 12.2 Å². The third-order valence-corrected chi connectivity index (χ3v) is 12.1. The molecular weight excluding hydrogens is 660 g/mol. The molecule has 1 aromatic heterocycles. The van der Waals surface area contributed by atoms with Crippen LogP contribution in [0.2, 0.25) is 0 Å². The number of hydrogen-bond donors (Lipinski definition) is 3. The molecule has 266 valence electrons. The molecule has 2 aliphatic heterocycles. The number of benzene rings is 1. The van der Waals surface area contributed by atoms with E-state index in [-0.39, 0.29) is 48.0 Å². The van der Waals surface area contributed by atoms with E-state index >= 15 is 0 Å². The molecule has 2 aliphatic carbocycles. The fourth-order valence-corrected chi connectivity index (χ4v) is 7.91. The summed E-state index contributed by atoms with van der Waals surface area (Å²) in [6.07, 6.45) is 7.14. The molecule has 5 atom stereocenters. The molecule has 4 N–H and O–H groups in total. The zero-order chi connectivity index (χ0) is 35.3. The number of amides is 3. The molecule has 3 fully saturated rings. The number of halogens is 2. The lowest BCUT2D eigenvalue weighted by atomic mass is 10.1. The van der Waals surface area contributed by atoms with E-state index in [1.54, 1.807) is 20.8 Å². The Morgan fingerprint density at radius 2 is 1.94 bits per heavy atom. The van der Waals surface area contributed by atoms with Crippen LogP contribution >= 0.6 is 0 Å². The minimum Gasteiger partial charge on any atom is -0.488 e. The van der Waals surface area contributed by atoms with Crippen LogP contribution in [0.1, 0.15) is 78.6 Å². The Morgan fingerprint density at radius 1 is 1.18 bits per heavy atom. The van der Waals surface area contributed by atoms with Gasteiger partial charge in [-0.3, -0.25) is 19.1 Å². The molecule has 49 heavy (non-hydrogen) atoms. The molecule has 1 aromatic carbocycles. The highest BCUT2D eigenvalue weighted by atomic mass is 32.2. The predicted octanol–water partition coefficient (Wildman–Crippen LogP) is 3.37. The number of ether oxygens (including phenoxy) is 2. The molecule has 3 heterocycles. The molecule has 1 saturated heterocycles. The number of pyridine rings is 1. The smallest absolute Gasteiger partial charge is 0.259 e. The summed E-state index contributed by atoms with van der Waals surface area (Å²) in [6.45, 7) is 5.01. The molecule has 0 spiro atoms. The molecule has 12 nitrogen and oxygen atoms in total. The van der Waals surface area contributed by atoms with Gasteiger partial charge in [0.25, 0.3) is 5.91 Å². The summed E-state index contributed by atoms with van der Waals surface area (Å²) in [5.74, 6) is -4.53. The monoisotopic (exact) mass is 703 g/mol. The zero-order valence-corrected chi connectivity index (χ0v) is 28.7. The van der Waals surface area contributed by atoms with Gasteiger partial charge in [0.2, 0.25) is 27.7 Å². The maximum Gasteiger partial charge on any atom is 0.259 e. The molecule has 0 bridgehead atoms. The van der Waals surface area contributed by atoms with Gasteiger partial charge in [-0.2, -0.15) is 0 Å². The second-order valence-electron chi connectivity index (χ2n) is 14.2. The van der Waals surface area contributed by atoms with Crippen LogP contribution < -0.4 is 25.2 Å². The van der Waals surface area contributed by atoms with Crippen molar-refractivity contribution in [1.82, 2.24) is 19.9 Å². The van der Waals surface area contributed by atoms with Crippen molar-refractivity contribution < 1.29 is 41.1 Å². The van der Waals surface area contributed by atoms with Crippen LogP contribution in [-0.2, 0) is 24.4 Å². The van der Waals surface area contributed by atoms with Crippen molar-refractivity contribution in [2.75, 3.05) is 6.54 Å². The van der Waals surface area contributed by atoms with Crippen LogP contribution in [0.15, 0.2) is 30.4 Å². The normalized spacial score (nSPS) is 29.2. The van der Waals surface area contributed by atoms with E-state index < -0.39 is 73.8 Å². The summed E-state index contributed by atoms with van der Waals surface area (Å²) in [4.78, 5) is 47.0. The molecule has 0 radical (unpaired) electrons. The first-order chi connectivity index (χ1) is 23.1. The van der Waals surface area contributed by atoms with Gasteiger partial charge in [-0.05, 0) is 71.4 Å². The minimum absolute atomic E-state index is 0.00137. The quantitative estimate of drug-likeness (QED) is 0.366. The molecular formula is C34H43F2N5O7S. The number of carbonyl (C=O) groups excluding carboxylic acids is 3. The van der Waals surface area contributed by atoms with Gasteiger partial charge in [-0.15, -0.1) is 0 Å². The lowest BCUT2D eigenvalue weighted by Gasteiger charge is -2.28. The number of nitrogens with two attached hydrogens (primary N) is 1. The SMILES string of the molecule is CC(C)Oc1cc(O[C@@H]2C[C@H]3C(=O)N[C@]4(C(=O)NS(=O)(=O)C5(C)CC5)C[C@H]4/C=C\CCCCC[C@H](N)C(=O)N3C2)c2ccc(F)c(F)c2n1. The molecule has 3 amide bonds. The topological polar surface area (TPSA) is 170 Å². The van der Waals surface area contributed by atoms with Crippen molar-refractivity contribution >= 4 is 38.6 Å². The van der Waals surface area contributed by atoms with E-state index in [1.165, 1.54) is 17.0 Å². The number of allylic oxidation sites excluding steroid dienone is 1. The Morgan fingerprint density at radius 3 is 2.65 bits per heavy atom. The molecule has 2 aromatic rings. The van der Waals surface area contributed by atoms with E-state index in [9.17, 15) is 31.6 Å². The van der Waals surface area contributed by atoms with Crippen LogP contribution in [0.5, 0.6) is 11.6 Å². The number of nitrogens with one attached hydrogen (secondary N) is 2. The van der Waals surface area contributed by atoms with Gasteiger partial charge in [0.15, 0.2) is 11.6 Å². The lowest BCUT2D eigenvalue weighted by molar-refractivity contribution is -0.140. The van der Waals surface area contributed by atoms with Gasteiger partial charge in [0, 0.05) is 23.8 Å². The van der Waals surface area contributed by atoms with Gasteiger partial charge in [-0.1, -0.05) is 25.0 Å². The van der Waals surface area contributed by atoms with E-state index in [0.29, 0.717) is 25.7 Å². The van der Waals surface area contributed by atoms with Gasteiger partial charge >= 0.3 is 0 Å². The standard InChI is InChI=1S/C34H43F2N5O7S/c1-19(2)47-27-16-26(22-11-12-23(35)28(36)29(22)38-27)48-21-15-25-30(42)39-34(32(44)40-49(45,46)33(3)13-14-33)17-20(34)9-7-5-4-6-8-10-24(37)31(43)41(25)18-21/h7,9,11-12,16,19-21,24-25H,4-6,8,10,13-15,17-18,37H2,1-3H3,(H,39,42)(H,40,44)/b9-7-/t20-,21-,24+,25+,34-/m1/s1. The van der Waals surface area contributed by atoms with Crippen LogP contribution in [0.3, 0.4) is 0 Å². The molecule has 4 aliphatic rings. The number of rotatable bonds is 7. The fraction of sp³-hybridized carbons (Fsp3) is 0.588. The second kappa shape index (κ2) is 13.1. The van der Waals surface area contributed by atoms with Crippen molar-refractivity contribution in [2.24, 2.45) is 11.7 Å². The van der Waals surface area contributed by atoms with Crippen molar-refractivity contribution in [3.8, 4) is 11.6 Å². The number of fused-ring (bicyclic) bond motifs is 3. The van der Waals surface area contributed by atoms with Gasteiger partial charge in [0.1, 0.15) is 29.0 Å².